The molecule has 0 aliphatic heterocycles. The van der Waals surface area contributed by atoms with Gasteiger partial charge in [-0.3, -0.25) is 0 Å². The number of rotatable bonds is 5. The minimum Gasteiger partial charge on any atom is -0.315 e. The number of benzene rings is 1. The molecule has 0 heterocycles. The van der Waals surface area contributed by atoms with Crippen LogP contribution < -0.4 is 5.32 Å². The quantitative estimate of drug-likeness (QED) is 0.749. The average molecular weight is 206 g/mol. The molecule has 0 aromatic heterocycles. The fourth-order valence-electron chi connectivity index (χ4n) is 1.43. The Hall–Kier alpha value is -1.40. The minimum atomic E-state index is -0.186. The predicted octanol–water partition coefficient (Wildman–Crippen LogP) is 2.18. The van der Waals surface area contributed by atoms with E-state index in [4.69, 9.17) is 5.26 Å². The third-order valence-electron chi connectivity index (χ3n) is 2.29. The van der Waals surface area contributed by atoms with Crippen molar-refractivity contribution in [1.29, 1.82) is 5.26 Å². The Labute approximate surface area is 89.7 Å². The van der Waals surface area contributed by atoms with Crippen molar-refractivity contribution in [2.24, 2.45) is 0 Å². The molecule has 1 aromatic rings. The Balaban J connectivity index is 2.35. The number of nitrogens with zero attached hydrogens (tertiary/aromatic N) is 1. The molecule has 2 nitrogen and oxygen atoms in total. The summed E-state index contributed by atoms with van der Waals surface area (Å²) in [5.74, 6) is -0.186. The first kappa shape index (κ1) is 11.7. The molecule has 0 aliphatic rings. The molecule has 0 unspecified atom stereocenters. The van der Waals surface area contributed by atoms with Crippen molar-refractivity contribution in [3.63, 3.8) is 0 Å². The molecule has 0 amide bonds. The van der Waals surface area contributed by atoms with Crippen LogP contribution in [0.3, 0.4) is 0 Å². The SMILES string of the molecule is Cc1cc(F)ccc1CCNCCC#N. The molecule has 1 N–H and O–H groups in total. The van der Waals surface area contributed by atoms with Crippen molar-refractivity contribution in [2.75, 3.05) is 13.1 Å². The molecule has 0 fully saturated rings. The first-order valence-corrected chi connectivity index (χ1v) is 5.06. The lowest BCUT2D eigenvalue weighted by molar-refractivity contribution is 0.624. The highest BCUT2D eigenvalue weighted by molar-refractivity contribution is 5.26. The maximum Gasteiger partial charge on any atom is 0.123 e. The third kappa shape index (κ3) is 4.09. The largest absolute Gasteiger partial charge is 0.315 e. The molecule has 0 atom stereocenters. The molecule has 0 bridgehead atoms. The summed E-state index contributed by atoms with van der Waals surface area (Å²) in [6.45, 7) is 3.46. The van der Waals surface area contributed by atoms with Crippen molar-refractivity contribution in [3.8, 4) is 6.07 Å². The van der Waals surface area contributed by atoms with Crippen LogP contribution in [0.1, 0.15) is 17.5 Å². The van der Waals surface area contributed by atoms with Crippen LogP contribution in [0.15, 0.2) is 18.2 Å². The fourth-order valence-corrected chi connectivity index (χ4v) is 1.43. The Kier molecular flexibility index (Phi) is 4.79. The van der Waals surface area contributed by atoms with Crippen LogP contribution in [-0.4, -0.2) is 13.1 Å². The summed E-state index contributed by atoms with van der Waals surface area (Å²) in [5, 5.41) is 11.5. The van der Waals surface area contributed by atoms with Gasteiger partial charge < -0.3 is 5.32 Å². The summed E-state index contributed by atoms with van der Waals surface area (Å²) >= 11 is 0. The Morgan fingerprint density at radius 3 is 2.87 bits per heavy atom. The molecule has 0 saturated heterocycles. The van der Waals surface area contributed by atoms with Crippen molar-refractivity contribution in [3.05, 3.63) is 35.1 Å². The van der Waals surface area contributed by atoms with E-state index in [1.807, 2.05) is 13.0 Å². The van der Waals surface area contributed by atoms with Gasteiger partial charge in [0.05, 0.1) is 6.07 Å². The van der Waals surface area contributed by atoms with E-state index in [9.17, 15) is 4.39 Å². The minimum absolute atomic E-state index is 0.186. The second kappa shape index (κ2) is 6.15. The number of hydrogen-bond donors (Lipinski definition) is 1. The summed E-state index contributed by atoms with van der Waals surface area (Å²) in [5.41, 5.74) is 2.14. The van der Waals surface area contributed by atoms with Crippen LogP contribution in [0.2, 0.25) is 0 Å². The molecule has 3 heteroatoms. The zero-order chi connectivity index (χ0) is 11.1. The Morgan fingerprint density at radius 2 is 2.20 bits per heavy atom. The van der Waals surface area contributed by atoms with E-state index in [1.165, 1.54) is 6.07 Å². The molecule has 1 aromatic carbocycles. The zero-order valence-corrected chi connectivity index (χ0v) is 8.89. The number of halogens is 1. The van der Waals surface area contributed by atoms with Gasteiger partial charge in [0.25, 0.3) is 0 Å². The van der Waals surface area contributed by atoms with Crippen LogP contribution in [0.4, 0.5) is 4.39 Å². The van der Waals surface area contributed by atoms with Crippen molar-refractivity contribution in [1.82, 2.24) is 5.32 Å². The van der Waals surface area contributed by atoms with Crippen LogP contribution in [-0.2, 0) is 6.42 Å². The van der Waals surface area contributed by atoms with E-state index < -0.39 is 0 Å². The molecule has 0 aliphatic carbocycles. The van der Waals surface area contributed by atoms with Gasteiger partial charge in [-0.05, 0) is 43.1 Å². The lowest BCUT2D eigenvalue weighted by Gasteiger charge is -2.06. The molecule has 1 rings (SSSR count). The Bertz CT molecular complexity index is 355. The molecular formula is C12H15FN2. The van der Waals surface area contributed by atoms with Gasteiger partial charge in [-0.2, -0.15) is 5.26 Å². The van der Waals surface area contributed by atoms with E-state index in [1.54, 1.807) is 6.07 Å². The van der Waals surface area contributed by atoms with Crippen molar-refractivity contribution >= 4 is 0 Å². The molecule has 0 spiro atoms. The Morgan fingerprint density at radius 1 is 1.40 bits per heavy atom. The number of nitriles is 1. The van der Waals surface area contributed by atoms with Gasteiger partial charge in [-0.15, -0.1) is 0 Å². The van der Waals surface area contributed by atoms with Gasteiger partial charge in [-0.1, -0.05) is 6.07 Å². The van der Waals surface area contributed by atoms with E-state index in [-0.39, 0.29) is 5.82 Å². The van der Waals surface area contributed by atoms with Gasteiger partial charge in [0.2, 0.25) is 0 Å². The predicted molar refractivity (Wildman–Crippen MR) is 57.9 cm³/mol. The molecule has 0 saturated carbocycles. The molecule has 0 radical (unpaired) electrons. The molecular weight excluding hydrogens is 191 g/mol. The summed E-state index contributed by atoms with van der Waals surface area (Å²) in [4.78, 5) is 0. The van der Waals surface area contributed by atoms with E-state index in [0.717, 1.165) is 30.6 Å². The van der Waals surface area contributed by atoms with Crippen molar-refractivity contribution in [2.45, 2.75) is 19.8 Å². The van der Waals surface area contributed by atoms with Crippen LogP contribution in [0, 0.1) is 24.1 Å². The average Bonchev–Trinajstić information content (AvgIpc) is 2.20. The van der Waals surface area contributed by atoms with Gasteiger partial charge in [-0.25, -0.2) is 4.39 Å². The summed E-state index contributed by atoms with van der Waals surface area (Å²) in [6, 6.07) is 6.92. The number of nitrogens with one attached hydrogen (secondary N) is 1. The number of hydrogen-bond acceptors (Lipinski definition) is 2. The van der Waals surface area contributed by atoms with Crippen LogP contribution >= 0.6 is 0 Å². The van der Waals surface area contributed by atoms with Gasteiger partial charge in [0, 0.05) is 13.0 Å². The van der Waals surface area contributed by atoms with E-state index >= 15 is 0 Å². The molecule has 80 valence electrons. The third-order valence-corrected chi connectivity index (χ3v) is 2.29. The highest BCUT2D eigenvalue weighted by atomic mass is 19.1. The van der Waals surface area contributed by atoms with E-state index in [2.05, 4.69) is 11.4 Å². The first-order chi connectivity index (χ1) is 7.24. The normalized spacial score (nSPS) is 9.93. The highest BCUT2D eigenvalue weighted by Gasteiger charge is 1.99. The second-order valence-corrected chi connectivity index (χ2v) is 3.48. The van der Waals surface area contributed by atoms with Gasteiger partial charge in [0.15, 0.2) is 0 Å². The zero-order valence-electron chi connectivity index (χ0n) is 8.89. The van der Waals surface area contributed by atoms with Gasteiger partial charge in [0.1, 0.15) is 5.82 Å². The lowest BCUT2D eigenvalue weighted by atomic mass is 10.1. The smallest absolute Gasteiger partial charge is 0.123 e. The molecule has 15 heavy (non-hydrogen) atoms. The maximum atomic E-state index is 12.8. The number of aryl methyl sites for hydroxylation is 1. The highest BCUT2D eigenvalue weighted by Crippen LogP contribution is 2.10. The van der Waals surface area contributed by atoms with E-state index in [0.29, 0.717) is 6.42 Å². The lowest BCUT2D eigenvalue weighted by Crippen LogP contribution is -2.18. The van der Waals surface area contributed by atoms with Gasteiger partial charge >= 0.3 is 0 Å². The van der Waals surface area contributed by atoms with Crippen LogP contribution in [0.25, 0.3) is 0 Å². The summed E-state index contributed by atoms with van der Waals surface area (Å²) < 4.78 is 12.8. The summed E-state index contributed by atoms with van der Waals surface area (Å²) in [6.07, 6.45) is 1.40. The monoisotopic (exact) mass is 206 g/mol. The van der Waals surface area contributed by atoms with Crippen molar-refractivity contribution < 1.29 is 4.39 Å². The second-order valence-electron chi connectivity index (χ2n) is 3.48. The first-order valence-electron chi connectivity index (χ1n) is 5.06. The maximum absolute atomic E-state index is 12.8. The standard InChI is InChI=1S/C12H15FN2/c1-10-9-12(13)4-3-11(10)5-8-15-7-2-6-14/h3-4,9,15H,2,5,7-8H2,1H3. The summed E-state index contributed by atoms with van der Waals surface area (Å²) in [7, 11) is 0. The topological polar surface area (TPSA) is 35.8 Å². The fraction of sp³-hybridized carbons (Fsp3) is 0.417. The van der Waals surface area contributed by atoms with Crippen LogP contribution in [0.5, 0.6) is 0 Å².